The van der Waals surface area contributed by atoms with Gasteiger partial charge in [-0.1, -0.05) is 0 Å². The third kappa shape index (κ3) is 1.98. The van der Waals surface area contributed by atoms with Crippen molar-refractivity contribution >= 4 is 26.8 Å². The summed E-state index contributed by atoms with van der Waals surface area (Å²) in [4.78, 5) is 46.9. The Balaban J connectivity index is 3.30. The Morgan fingerprint density at radius 1 is 1.19 bits per heavy atom. The first-order valence-corrected chi connectivity index (χ1v) is 7.25. The largest absolute Gasteiger partial charge is 0.363 e. The summed E-state index contributed by atoms with van der Waals surface area (Å²) in [6, 6.07) is 0. The Kier molecular flexibility index (Phi) is 3.15. The van der Waals surface area contributed by atoms with Gasteiger partial charge in [-0.3, -0.25) is 19.3 Å². The Hall–Kier alpha value is -0.560. The highest BCUT2D eigenvalue weighted by Crippen LogP contribution is 2.69. The van der Waals surface area contributed by atoms with Gasteiger partial charge in [0.15, 0.2) is 11.6 Å². The van der Waals surface area contributed by atoms with E-state index < -0.39 is 44.7 Å². The van der Waals surface area contributed by atoms with Crippen LogP contribution in [0.5, 0.6) is 0 Å². The molecular formula is C5H10N2O7P2. The van der Waals surface area contributed by atoms with Gasteiger partial charge in [0.25, 0.3) is 0 Å². The molecule has 0 bridgehead atoms. The highest BCUT2D eigenvalue weighted by atomic mass is 31.2. The summed E-state index contributed by atoms with van der Waals surface area (Å²) in [6.45, 7) is 0. The SMILES string of the molecule is N=C1NC(P(=O)(O)O)(P(=O)(O)O)CCC1=O. The van der Waals surface area contributed by atoms with E-state index in [0.29, 0.717) is 0 Å². The number of piperidine rings is 1. The first-order valence-electron chi connectivity index (χ1n) is 4.02. The highest BCUT2D eigenvalue weighted by molar-refractivity contribution is 7.72. The molecule has 92 valence electrons. The van der Waals surface area contributed by atoms with Crippen molar-refractivity contribution < 1.29 is 33.5 Å². The topological polar surface area (TPSA) is 168 Å². The summed E-state index contributed by atoms with van der Waals surface area (Å²) >= 11 is 0. The molecule has 16 heavy (non-hydrogen) atoms. The normalized spacial score (nSPS) is 21.8. The third-order valence-corrected chi connectivity index (χ3v) is 6.43. The van der Waals surface area contributed by atoms with Crippen LogP contribution < -0.4 is 5.32 Å². The molecule has 0 atom stereocenters. The average molecular weight is 272 g/mol. The van der Waals surface area contributed by atoms with Gasteiger partial charge in [0, 0.05) is 12.8 Å². The molecule has 1 aliphatic heterocycles. The number of Topliss-reactive ketones (excluding diaryl/α,β-unsaturated/α-hetero) is 1. The second-order valence-electron chi connectivity index (χ2n) is 3.33. The van der Waals surface area contributed by atoms with E-state index in [1.165, 1.54) is 0 Å². The molecule has 0 aromatic carbocycles. The standard InChI is InChI=1S/C5H10N2O7P2/c6-4-3(8)1-2-5(7-4,15(9,10)11)16(12,13)14/h1-2H2,(H2,6,7)(H2,9,10,11)(H2,12,13,14). The van der Waals surface area contributed by atoms with Gasteiger partial charge >= 0.3 is 15.2 Å². The first kappa shape index (κ1) is 13.5. The number of carbonyl (C=O) groups excluding carboxylic acids is 1. The minimum Gasteiger partial charge on any atom is -0.341 e. The van der Waals surface area contributed by atoms with Gasteiger partial charge in [0.2, 0.25) is 5.02 Å². The third-order valence-electron chi connectivity index (χ3n) is 2.27. The number of hydrogen-bond acceptors (Lipinski definition) is 4. The van der Waals surface area contributed by atoms with E-state index in [0.717, 1.165) is 0 Å². The van der Waals surface area contributed by atoms with Gasteiger partial charge in [0.1, 0.15) is 0 Å². The maximum atomic E-state index is 11.1. The Morgan fingerprint density at radius 2 is 1.62 bits per heavy atom. The van der Waals surface area contributed by atoms with E-state index in [1.54, 1.807) is 5.32 Å². The van der Waals surface area contributed by atoms with E-state index in [9.17, 15) is 13.9 Å². The molecule has 9 nitrogen and oxygen atoms in total. The van der Waals surface area contributed by atoms with E-state index in [4.69, 9.17) is 25.0 Å². The van der Waals surface area contributed by atoms with Crippen LogP contribution in [0.1, 0.15) is 12.8 Å². The number of hydrogen-bond donors (Lipinski definition) is 6. The molecule has 1 aliphatic rings. The molecule has 1 saturated heterocycles. The van der Waals surface area contributed by atoms with Crippen molar-refractivity contribution in [2.24, 2.45) is 0 Å². The summed E-state index contributed by atoms with van der Waals surface area (Å²) in [5.74, 6) is -1.66. The number of amidine groups is 1. The van der Waals surface area contributed by atoms with Crippen LogP contribution in [0, 0.1) is 5.41 Å². The molecule has 1 fully saturated rings. The molecule has 0 aromatic heterocycles. The lowest BCUT2D eigenvalue weighted by atomic mass is 10.1. The van der Waals surface area contributed by atoms with Crippen molar-refractivity contribution in [2.45, 2.75) is 17.9 Å². The molecule has 0 aliphatic carbocycles. The van der Waals surface area contributed by atoms with Crippen LogP contribution in [0.3, 0.4) is 0 Å². The molecule has 11 heteroatoms. The van der Waals surface area contributed by atoms with Gasteiger partial charge in [-0.15, -0.1) is 0 Å². The summed E-state index contributed by atoms with van der Waals surface area (Å²) in [5.41, 5.74) is 0. The number of rotatable bonds is 2. The van der Waals surface area contributed by atoms with Crippen molar-refractivity contribution in [3.05, 3.63) is 0 Å². The highest BCUT2D eigenvalue weighted by Gasteiger charge is 2.62. The van der Waals surface area contributed by atoms with Crippen LogP contribution in [-0.4, -0.2) is 36.2 Å². The Bertz CT molecular complexity index is 412. The molecule has 0 aromatic rings. The van der Waals surface area contributed by atoms with Crippen LogP contribution >= 0.6 is 15.2 Å². The van der Waals surface area contributed by atoms with Crippen LogP contribution in [0.4, 0.5) is 0 Å². The maximum Gasteiger partial charge on any atom is 0.363 e. The zero-order valence-electron chi connectivity index (χ0n) is 7.82. The maximum absolute atomic E-state index is 11.1. The lowest BCUT2D eigenvalue weighted by Gasteiger charge is -2.38. The molecule has 1 heterocycles. The Labute approximate surface area is 89.7 Å². The van der Waals surface area contributed by atoms with Crippen molar-refractivity contribution in [1.82, 2.24) is 5.32 Å². The number of carbonyl (C=O) groups is 1. The molecular weight excluding hydrogens is 262 g/mol. The fourth-order valence-electron chi connectivity index (χ4n) is 1.35. The van der Waals surface area contributed by atoms with E-state index in [1.807, 2.05) is 0 Å². The lowest BCUT2D eigenvalue weighted by molar-refractivity contribution is -0.114. The van der Waals surface area contributed by atoms with Gasteiger partial charge in [-0.2, -0.15) is 0 Å². The second kappa shape index (κ2) is 3.73. The first-order chi connectivity index (χ1) is 7.01. The number of nitrogens with one attached hydrogen (secondary N) is 2. The van der Waals surface area contributed by atoms with E-state index >= 15 is 0 Å². The summed E-state index contributed by atoms with van der Waals surface area (Å²) in [6.07, 6.45) is -1.22. The van der Waals surface area contributed by atoms with Crippen molar-refractivity contribution in [3.8, 4) is 0 Å². The minimum atomic E-state index is -5.22. The van der Waals surface area contributed by atoms with Crippen molar-refractivity contribution in [3.63, 3.8) is 0 Å². The zero-order valence-corrected chi connectivity index (χ0v) is 9.61. The molecule has 0 amide bonds. The Morgan fingerprint density at radius 3 is 1.94 bits per heavy atom. The van der Waals surface area contributed by atoms with E-state index in [-0.39, 0.29) is 0 Å². The predicted octanol–water partition coefficient (Wildman–Crippen LogP) is -1.07. The molecule has 6 N–H and O–H groups in total. The molecule has 0 spiro atoms. The smallest absolute Gasteiger partial charge is 0.341 e. The van der Waals surface area contributed by atoms with E-state index in [2.05, 4.69) is 0 Å². The average Bonchev–Trinajstić information content (AvgIpc) is 2.05. The molecule has 0 radical (unpaired) electrons. The quantitative estimate of drug-likeness (QED) is 0.345. The lowest BCUT2D eigenvalue weighted by Crippen LogP contribution is -2.54. The predicted molar refractivity (Wildman–Crippen MR) is 51.9 cm³/mol. The van der Waals surface area contributed by atoms with Gasteiger partial charge in [-0.05, 0) is 0 Å². The monoisotopic (exact) mass is 272 g/mol. The summed E-state index contributed by atoms with van der Waals surface area (Å²) < 4.78 is 22.3. The minimum absolute atomic E-state index is 0.498. The molecule has 0 unspecified atom stereocenters. The summed E-state index contributed by atoms with van der Waals surface area (Å²) in [7, 11) is -10.4. The van der Waals surface area contributed by atoms with Gasteiger partial charge < -0.3 is 24.9 Å². The van der Waals surface area contributed by atoms with Crippen molar-refractivity contribution in [2.75, 3.05) is 0 Å². The van der Waals surface area contributed by atoms with Crippen LogP contribution in [0.25, 0.3) is 0 Å². The summed E-state index contributed by atoms with van der Waals surface area (Å²) in [5, 5.41) is 5.87. The number of ketones is 1. The fraction of sp³-hybridized carbons (Fsp3) is 0.600. The van der Waals surface area contributed by atoms with Crippen molar-refractivity contribution in [1.29, 1.82) is 5.41 Å². The van der Waals surface area contributed by atoms with Crippen LogP contribution in [0.15, 0.2) is 0 Å². The van der Waals surface area contributed by atoms with Crippen LogP contribution in [-0.2, 0) is 13.9 Å². The fourth-order valence-corrected chi connectivity index (χ4v) is 4.03. The van der Waals surface area contributed by atoms with Gasteiger partial charge in [-0.25, -0.2) is 0 Å². The van der Waals surface area contributed by atoms with Gasteiger partial charge in [0.05, 0.1) is 0 Å². The zero-order chi connectivity index (χ0) is 12.8. The van der Waals surface area contributed by atoms with Crippen LogP contribution in [0.2, 0.25) is 0 Å². The molecule has 1 rings (SSSR count). The molecule has 0 saturated carbocycles. The second-order valence-corrected chi connectivity index (χ2v) is 7.38.